The number of nitrogens with zero attached hydrogens (tertiary/aromatic N) is 5. The molecule has 0 aromatic carbocycles. The molecule has 66 valence electrons. The van der Waals surface area contributed by atoms with Crippen LogP contribution in [0.1, 0.15) is 0 Å². The molecule has 0 amide bonds. The predicted molar refractivity (Wildman–Crippen MR) is 41.9 cm³/mol. The molecule has 0 saturated carbocycles. The van der Waals surface area contributed by atoms with Crippen molar-refractivity contribution in [3.05, 3.63) is 30.0 Å². The van der Waals surface area contributed by atoms with E-state index in [1.165, 1.54) is 17.3 Å². The molecule has 0 aliphatic carbocycles. The van der Waals surface area contributed by atoms with Crippen LogP contribution >= 0.6 is 11.6 Å². The first-order valence-corrected chi connectivity index (χ1v) is 3.68. The first kappa shape index (κ1) is 8.06. The van der Waals surface area contributed by atoms with Gasteiger partial charge in [0.2, 0.25) is 5.28 Å². The Morgan fingerprint density at radius 1 is 1.46 bits per heavy atom. The monoisotopic (exact) mass is 199 g/mol. The zero-order valence-corrected chi connectivity index (χ0v) is 6.98. The van der Waals surface area contributed by atoms with Crippen LogP contribution in [0.5, 0.6) is 0 Å². The van der Waals surface area contributed by atoms with Crippen LogP contribution in [0.3, 0.4) is 0 Å². The van der Waals surface area contributed by atoms with Gasteiger partial charge in [0, 0.05) is 0 Å². The van der Waals surface area contributed by atoms with Gasteiger partial charge in [0.25, 0.3) is 0 Å². The molecule has 2 heterocycles. The summed E-state index contributed by atoms with van der Waals surface area (Å²) in [5, 5.41) is 3.67. The van der Waals surface area contributed by atoms with Crippen molar-refractivity contribution >= 4 is 11.6 Å². The molecule has 7 heteroatoms. The molecule has 0 bridgehead atoms. The summed E-state index contributed by atoms with van der Waals surface area (Å²) in [7, 11) is 0. The molecule has 2 aromatic heterocycles. The Balaban J connectivity index is 2.57. The highest BCUT2D eigenvalue weighted by atomic mass is 35.5. The zero-order valence-electron chi connectivity index (χ0n) is 6.22. The van der Waals surface area contributed by atoms with Crippen molar-refractivity contribution in [2.45, 2.75) is 0 Å². The highest BCUT2D eigenvalue weighted by Crippen LogP contribution is 2.09. The molecule has 0 aliphatic heterocycles. The summed E-state index contributed by atoms with van der Waals surface area (Å²) in [4.78, 5) is 10.8. The quantitative estimate of drug-likeness (QED) is 0.639. The van der Waals surface area contributed by atoms with E-state index < -0.39 is 5.82 Å². The van der Waals surface area contributed by atoms with Crippen molar-refractivity contribution in [1.82, 2.24) is 24.7 Å². The summed E-state index contributed by atoms with van der Waals surface area (Å²) >= 11 is 5.48. The first-order valence-electron chi connectivity index (χ1n) is 3.30. The van der Waals surface area contributed by atoms with Crippen molar-refractivity contribution < 1.29 is 4.39 Å². The molecular weight excluding hydrogens is 197 g/mol. The molecule has 0 saturated heterocycles. The topological polar surface area (TPSA) is 56.5 Å². The number of rotatable bonds is 1. The van der Waals surface area contributed by atoms with Crippen molar-refractivity contribution in [2.24, 2.45) is 0 Å². The molecular formula is C6H3ClFN5. The normalized spacial score (nSPS) is 10.3. The molecule has 0 spiro atoms. The fraction of sp³-hybridized carbons (Fsp3) is 0. The van der Waals surface area contributed by atoms with Gasteiger partial charge in [-0.25, -0.2) is 14.4 Å². The molecule has 0 N–H and O–H groups in total. The van der Waals surface area contributed by atoms with E-state index in [1.54, 1.807) is 0 Å². The van der Waals surface area contributed by atoms with Crippen LogP contribution in [0, 0.1) is 5.82 Å². The first-order chi connectivity index (χ1) is 6.27. The van der Waals surface area contributed by atoms with Gasteiger partial charge in [-0.1, -0.05) is 0 Å². The van der Waals surface area contributed by atoms with Gasteiger partial charge in [0.15, 0.2) is 11.6 Å². The van der Waals surface area contributed by atoms with Gasteiger partial charge < -0.3 is 0 Å². The lowest BCUT2D eigenvalue weighted by Gasteiger charge is -1.99. The molecule has 5 nitrogen and oxygen atoms in total. The Morgan fingerprint density at radius 2 is 2.31 bits per heavy atom. The van der Waals surface area contributed by atoms with Crippen molar-refractivity contribution in [1.29, 1.82) is 0 Å². The van der Waals surface area contributed by atoms with Crippen LogP contribution in [-0.4, -0.2) is 24.7 Å². The van der Waals surface area contributed by atoms with E-state index in [0.717, 1.165) is 6.20 Å². The Kier molecular flexibility index (Phi) is 1.90. The average molecular weight is 200 g/mol. The predicted octanol–water partition coefficient (Wildman–Crippen LogP) is 0.850. The molecule has 13 heavy (non-hydrogen) atoms. The standard InChI is InChI=1S/C6H3ClFN5/c7-6-10-1-4(8)5(12-6)13-3-9-2-11-13/h1-3H. The van der Waals surface area contributed by atoms with E-state index >= 15 is 0 Å². The van der Waals surface area contributed by atoms with Crippen molar-refractivity contribution in [2.75, 3.05) is 0 Å². The highest BCUT2D eigenvalue weighted by molar-refractivity contribution is 6.28. The molecule has 0 unspecified atom stereocenters. The SMILES string of the molecule is Fc1cnc(Cl)nc1-n1cncn1. The van der Waals surface area contributed by atoms with Crippen LogP contribution in [0.15, 0.2) is 18.9 Å². The second-order valence-corrected chi connectivity index (χ2v) is 2.49. The number of hydrogen-bond donors (Lipinski definition) is 0. The van der Waals surface area contributed by atoms with E-state index in [9.17, 15) is 4.39 Å². The van der Waals surface area contributed by atoms with Gasteiger partial charge >= 0.3 is 0 Å². The van der Waals surface area contributed by atoms with Crippen LogP contribution in [0.2, 0.25) is 5.28 Å². The van der Waals surface area contributed by atoms with E-state index in [4.69, 9.17) is 11.6 Å². The summed E-state index contributed by atoms with van der Waals surface area (Å²) in [6, 6.07) is 0. The molecule has 0 aliphatic rings. The minimum absolute atomic E-state index is 0.0162. The number of hydrogen-bond acceptors (Lipinski definition) is 4. The second-order valence-electron chi connectivity index (χ2n) is 2.15. The molecule has 2 rings (SSSR count). The largest absolute Gasteiger partial charge is 0.224 e. The Morgan fingerprint density at radius 3 is 3.00 bits per heavy atom. The summed E-state index contributed by atoms with van der Waals surface area (Å²) < 4.78 is 14.2. The third-order valence-electron chi connectivity index (χ3n) is 1.33. The lowest BCUT2D eigenvalue weighted by atomic mass is 10.5. The summed E-state index contributed by atoms with van der Waals surface area (Å²) in [5.74, 6) is -0.618. The van der Waals surface area contributed by atoms with Gasteiger partial charge in [-0.2, -0.15) is 14.8 Å². The van der Waals surface area contributed by atoms with E-state index in [1.807, 2.05) is 0 Å². The van der Waals surface area contributed by atoms with Crippen LogP contribution in [0.4, 0.5) is 4.39 Å². The summed E-state index contributed by atoms with van der Waals surface area (Å²) in [6.07, 6.45) is 3.57. The van der Waals surface area contributed by atoms with E-state index in [-0.39, 0.29) is 11.1 Å². The van der Waals surface area contributed by atoms with Crippen LogP contribution < -0.4 is 0 Å². The maximum Gasteiger partial charge on any atom is 0.224 e. The summed E-state index contributed by atoms with van der Waals surface area (Å²) in [5.41, 5.74) is 0. The zero-order chi connectivity index (χ0) is 9.26. The smallest absolute Gasteiger partial charge is 0.223 e. The second kappa shape index (κ2) is 3.06. The highest BCUT2D eigenvalue weighted by Gasteiger charge is 2.07. The van der Waals surface area contributed by atoms with Crippen LogP contribution in [0.25, 0.3) is 5.82 Å². The Bertz CT molecular complexity index is 415. The van der Waals surface area contributed by atoms with E-state index in [0.29, 0.717) is 0 Å². The van der Waals surface area contributed by atoms with Gasteiger partial charge in [-0.05, 0) is 11.6 Å². The Labute approximate surface area is 77.2 Å². The van der Waals surface area contributed by atoms with Crippen LogP contribution in [-0.2, 0) is 0 Å². The lowest BCUT2D eigenvalue weighted by Crippen LogP contribution is -2.02. The molecule has 0 atom stereocenters. The lowest BCUT2D eigenvalue weighted by molar-refractivity contribution is 0.592. The minimum Gasteiger partial charge on any atom is -0.223 e. The van der Waals surface area contributed by atoms with Gasteiger partial charge in [0.05, 0.1) is 6.20 Å². The molecule has 0 radical (unpaired) electrons. The Hall–Kier alpha value is -1.56. The third kappa shape index (κ3) is 1.48. The van der Waals surface area contributed by atoms with Gasteiger partial charge in [-0.15, -0.1) is 0 Å². The van der Waals surface area contributed by atoms with Crippen molar-refractivity contribution in [3.63, 3.8) is 0 Å². The van der Waals surface area contributed by atoms with Gasteiger partial charge in [0.1, 0.15) is 12.7 Å². The summed E-state index contributed by atoms with van der Waals surface area (Å²) in [6.45, 7) is 0. The van der Waals surface area contributed by atoms with E-state index in [2.05, 4.69) is 20.1 Å². The minimum atomic E-state index is -0.602. The average Bonchev–Trinajstić information content (AvgIpc) is 2.61. The maximum absolute atomic E-state index is 13.1. The molecule has 2 aromatic rings. The maximum atomic E-state index is 13.1. The molecule has 0 fully saturated rings. The third-order valence-corrected chi connectivity index (χ3v) is 1.51. The number of halogens is 2. The fourth-order valence-electron chi connectivity index (χ4n) is 0.816. The number of aromatic nitrogens is 5. The van der Waals surface area contributed by atoms with Gasteiger partial charge in [-0.3, -0.25) is 0 Å². The fourth-order valence-corrected chi connectivity index (χ4v) is 0.944. The van der Waals surface area contributed by atoms with Crippen molar-refractivity contribution in [3.8, 4) is 5.82 Å².